The zero-order chi connectivity index (χ0) is 90.6. The largest absolute Gasteiger partial charge is 0.505 e. The third-order valence-electron chi connectivity index (χ3n) is 28.4. The summed E-state index contributed by atoms with van der Waals surface area (Å²) in [5.41, 5.74) is 2.72. The second-order valence-electron chi connectivity index (χ2n) is 39.7. The van der Waals surface area contributed by atoms with E-state index in [0.29, 0.717) is 11.6 Å². The van der Waals surface area contributed by atoms with Crippen LogP contribution < -0.4 is 9.55 Å². The van der Waals surface area contributed by atoms with E-state index in [1.807, 2.05) is 56.7 Å². The second kappa shape index (κ2) is 58.3. The van der Waals surface area contributed by atoms with E-state index in [4.69, 9.17) is 18.6 Å². The summed E-state index contributed by atoms with van der Waals surface area (Å²) >= 11 is 24.3. The molecule has 6 nitrogen and oxygen atoms in total. The Morgan fingerprint density at radius 2 is 0.543 bits per heavy atom. The van der Waals surface area contributed by atoms with Crippen molar-refractivity contribution in [1.82, 2.24) is 0 Å². The van der Waals surface area contributed by atoms with Crippen LogP contribution in [0.3, 0.4) is 0 Å². The van der Waals surface area contributed by atoms with Crippen molar-refractivity contribution in [3.63, 3.8) is 0 Å². The Balaban J connectivity index is 0.000000244. The summed E-state index contributed by atoms with van der Waals surface area (Å²) in [5, 5.41) is 0. The molecular weight excluding hydrogens is 2020 g/mol. The maximum Gasteiger partial charge on any atom is 0.505 e. The fourth-order valence-electron chi connectivity index (χ4n) is 19.4. The fraction of sp³-hybridized carbons (Fsp3) is 0.717. The van der Waals surface area contributed by atoms with Crippen molar-refractivity contribution < 1.29 is 46.8 Å². The first-order valence-corrected chi connectivity index (χ1v) is 63.0. The molecule has 21 heteroatoms. The van der Waals surface area contributed by atoms with Gasteiger partial charge in [0.25, 0.3) is 0 Å². The van der Waals surface area contributed by atoms with E-state index in [2.05, 4.69) is 206 Å². The van der Waals surface area contributed by atoms with Gasteiger partial charge in [0, 0.05) is 82.4 Å². The molecule has 1 unspecified atom stereocenters. The van der Waals surface area contributed by atoms with E-state index < -0.39 is 0 Å². The number of ketones is 2. The van der Waals surface area contributed by atoms with Crippen LogP contribution >= 0.6 is 151 Å². The van der Waals surface area contributed by atoms with E-state index in [1.54, 1.807) is 34.0 Å². The summed E-state index contributed by atoms with van der Waals surface area (Å²) in [5.74, 6) is 0.837. The zero-order valence-electron chi connectivity index (χ0n) is 81.2. The minimum Gasteiger partial charge on any atom is -0.399 e. The van der Waals surface area contributed by atoms with Crippen molar-refractivity contribution in [2.45, 2.75) is 490 Å². The predicted octanol–water partition coefficient (Wildman–Crippen LogP) is 39.6. The molecule has 0 spiro atoms. The molecule has 10 heterocycles. The van der Waals surface area contributed by atoms with Crippen molar-refractivity contribution in [2.75, 3.05) is 0 Å². The van der Waals surface area contributed by atoms with Gasteiger partial charge in [-0.3, -0.25) is 9.59 Å². The van der Waals surface area contributed by atoms with Gasteiger partial charge in [-0.25, -0.2) is 0 Å². The molecule has 1 atom stereocenters. The number of unbranched alkanes of at least 4 members (excludes halogenated alkanes) is 48. The van der Waals surface area contributed by atoms with E-state index >= 15 is 0 Å². The number of hydrogen-bond donors (Lipinski definition) is 0. The molecule has 0 bridgehead atoms. The quantitative estimate of drug-likeness (QED) is 0.0164. The Hall–Kier alpha value is 0.134. The third-order valence-corrected chi connectivity index (χ3v) is 38.9. The first-order chi connectivity index (χ1) is 60.8. The normalized spacial score (nSPS) is 16.0. The average molecular weight is 2180 g/mol. The van der Waals surface area contributed by atoms with Gasteiger partial charge in [0.05, 0.1) is 55.4 Å². The van der Waals surface area contributed by atoms with Crippen LogP contribution in [0.1, 0.15) is 484 Å². The molecule has 8 aromatic heterocycles. The summed E-state index contributed by atoms with van der Waals surface area (Å²) in [6.07, 6.45) is 75.0. The molecule has 1 radical (unpaired) electrons. The Bertz CT molecular complexity index is 4220. The average Bonchev–Trinajstić information content (AvgIpc) is 1.58. The summed E-state index contributed by atoms with van der Waals surface area (Å²) < 4.78 is 34.4. The van der Waals surface area contributed by atoms with Crippen molar-refractivity contribution in [3.8, 4) is 29.3 Å². The van der Waals surface area contributed by atoms with Gasteiger partial charge in [0.1, 0.15) is 0 Å². The molecule has 2 fully saturated rings. The van der Waals surface area contributed by atoms with E-state index in [-0.39, 0.29) is 66.0 Å². The fourth-order valence-corrected chi connectivity index (χ4v) is 30.0. The van der Waals surface area contributed by atoms with Gasteiger partial charge in [-0.15, -0.1) is 90.7 Å². The Morgan fingerprint density at radius 3 is 0.874 bits per heavy atom. The molecule has 2 aliphatic heterocycles. The number of carbonyl (C=O) groups is 2. The number of fused-ring (bicyclic) bond motifs is 8. The van der Waals surface area contributed by atoms with Crippen LogP contribution in [0.2, 0.25) is 0 Å². The maximum absolute atomic E-state index is 14.9. The predicted molar refractivity (Wildman–Crippen MR) is 587 cm³/mol. The minimum atomic E-state index is -0.370. The van der Waals surface area contributed by atoms with Gasteiger partial charge < -0.3 is 18.6 Å². The monoisotopic (exact) mass is 2180 g/mol. The molecule has 0 N–H and O–H groups in total. The summed E-state index contributed by atoms with van der Waals surface area (Å²) in [6.45, 7) is 32.7. The van der Waals surface area contributed by atoms with Crippen molar-refractivity contribution in [1.29, 1.82) is 0 Å². The molecule has 0 aromatic carbocycles. The summed E-state index contributed by atoms with van der Waals surface area (Å²) in [7, 11) is -0.602. The number of aryl methyl sites for hydroxylation is 2. The van der Waals surface area contributed by atoms with Gasteiger partial charge in [0.15, 0.2) is 11.6 Å². The number of rotatable bonds is 59. The molecule has 2 saturated heterocycles. The molecule has 709 valence electrons. The smallest absolute Gasteiger partial charge is 0.399 e. The maximum atomic E-state index is 14.9. The molecule has 8 aromatic rings. The van der Waals surface area contributed by atoms with E-state index in [1.165, 1.54) is 390 Å². The molecule has 127 heavy (non-hydrogen) atoms. The van der Waals surface area contributed by atoms with Gasteiger partial charge in [0.2, 0.25) is 0 Å². The van der Waals surface area contributed by atoms with Gasteiger partial charge in [-0.1, -0.05) is 391 Å². The van der Waals surface area contributed by atoms with Crippen LogP contribution in [0.25, 0.3) is 48.1 Å². The zero-order valence-corrected chi connectivity index (χ0v) is 95.7. The van der Waals surface area contributed by atoms with Crippen molar-refractivity contribution in [2.24, 2.45) is 0 Å². The molecule has 12 rings (SSSR count). The molecule has 0 amide bonds. The molecule has 4 aliphatic rings. The summed E-state index contributed by atoms with van der Waals surface area (Å²) in [4.78, 5) is 39.9. The first kappa shape index (κ1) is 112. The van der Waals surface area contributed by atoms with Gasteiger partial charge >= 0.3 is 14.2 Å². The first-order valence-electron chi connectivity index (χ1n) is 50.7. The second-order valence-corrected chi connectivity index (χ2v) is 51.5. The Labute approximate surface area is 850 Å². The number of thiophene rings is 8. The van der Waals surface area contributed by atoms with E-state index in [9.17, 15) is 9.59 Å². The number of halogens is 3. The van der Waals surface area contributed by atoms with Crippen LogP contribution in [-0.4, -0.2) is 48.2 Å². The Morgan fingerprint density at radius 1 is 0.291 bits per heavy atom. The number of Topliss-reactive ketones (excluding diaryl/α,β-unsaturated/α-hetero) is 2. The van der Waals surface area contributed by atoms with Crippen molar-refractivity contribution >= 4 is 206 Å². The van der Waals surface area contributed by atoms with Crippen LogP contribution in [0.15, 0.2) is 56.1 Å². The van der Waals surface area contributed by atoms with E-state index in [0.717, 1.165) is 66.8 Å². The van der Waals surface area contributed by atoms with Gasteiger partial charge in [-0.05, 0) is 186 Å². The summed E-state index contributed by atoms with van der Waals surface area (Å²) in [6, 6.07) is 18.3. The topological polar surface area (TPSA) is 71.1 Å². The molecule has 2 aliphatic carbocycles. The van der Waals surface area contributed by atoms with Gasteiger partial charge in [-0.2, -0.15) is 0 Å². The molecule has 0 saturated carbocycles. The molecular formula is C106H164B2Br2IO6PS8V. The van der Waals surface area contributed by atoms with Crippen molar-refractivity contribution in [3.05, 3.63) is 88.1 Å². The van der Waals surface area contributed by atoms with Crippen LogP contribution in [0.4, 0.5) is 0 Å². The number of carbonyl (C=O) groups excluding carboxylic acids is 2. The van der Waals surface area contributed by atoms with Crippen LogP contribution in [0, 0.1) is 13.8 Å². The minimum absolute atomic E-state index is 0. The van der Waals surface area contributed by atoms with Crippen LogP contribution in [-0.2, 0) is 48.0 Å². The number of hydrogen-bond acceptors (Lipinski definition) is 14. The SMILES string of the molecule is CC1(C)OB(c2cc3sc(B4OC(C)(C)C(C)(C)O4)cc3s2)OC1(C)C.CCCCCCCCCCCCCCCC1(CCCCCCCCCCCCCCC)C(=O)c2cc(Br)sc2-c2sc(Br)cc21.CCCCCCCCCCCCCCCC1(CCCCCCCCCCCCCCC)C(=O)c2cc(C)sc2-c2sc(-c3cc4sc(C)cc4s3)cc21.PI.[V]. The van der Waals surface area contributed by atoms with Crippen LogP contribution in [0.5, 0.6) is 0 Å². The standard InChI is InChI=1S/C48H72OS4.C40H64Br2OS2.C18H26B2O4S2.H2IP.V/c1-5-7-9-11-13-15-17-19-21-23-25-27-29-31-48(32-30-28-26-24-22-20-18-16-14-12-10-8-6-2)40-35-42(44-36-43-41(52-44)34-38(4)50-43)53-46(40)45-39(47(48)49)33-37(3)51-45;1-3-5-7-9-11-13-15-17-19-21-23-25-27-29-40(30-28-26-24-22-20-18-16-14-12-10-8-6-4-2)34-32-36(42)45-38(34)37-33(39(40)43)31-35(41)44-37;1-15(2)16(3,4)22-19(21-15)13-9-11-12(25-13)10-14(26-11)20-23-17(5,6)18(7,8)24-20;1-2;/h33-36H,5-32H2,1-4H3;31-32H,3-30H2,1-2H3;9-10H,1-8H3;2H2;. The third kappa shape index (κ3) is 33.2. The Kier molecular flexibility index (Phi) is 51.6.